The zero-order chi connectivity index (χ0) is 28.7. The molecule has 220 valence electrons. The predicted molar refractivity (Wildman–Crippen MR) is 157 cm³/mol. The summed E-state index contributed by atoms with van der Waals surface area (Å²) in [5, 5.41) is 4.00. The number of ether oxygens (including phenoxy) is 2. The summed E-state index contributed by atoms with van der Waals surface area (Å²) < 4.78 is 30.2. The normalized spacial score (nSPS) is 23.9. The lowest BCUT2D eigenvalue weighted by Gasteiger charge is -2.51. The molecular weight excluding hydrogens is 526 g/mol. The third-order valence-corrected chi connectivity index (χ3v) is 11.7. The number of nitrogens with zero attached hydrogens (tertiary/aromatic N) is 2. The van der Waals surface area contributed by atoms with Gasteiger partial charge in [-0.2, -0.15) is 0 Å². The predicted octanol–water partition coefficient (Wildman–Crippen LogP) is 5.27. The third kappa shape index (κ3) is 6.36. The molecule has 9 nitrogen and oxygen atoms in total. The van der Waals surface area contributed by atoms with Crippen molar-refractivity contribution in [3.05, 3.63) is 48.7 Å². The van der Waals surface area contributed by atoms with Gasteiger partial charge in [0, 0.05) is 43.5 Å². The maximum atomic E-state index is 13.7. The molecule has 0 radical (unpaired) electrons. The first-order valence-electron chi connectivity index (χ1n) is 14.6. The van der Waals surface area contributed by atoms with Crippen molar-refractivity contribution in [2.45, 2.75) is 64.8 Å². The smallest absolute Gasteiger partial charge is 0.497 e. The zero-order valence-corrected chi connectivity index (χ0v) is 25.6. The molecule has 3 fully saturated rings. The maximum absolute atomic E-state index is 13.7. The number of carbonyl (C=O) groups is 1. The molecule has 1 amide bonds. The number of piperidine rings is 3. The summed E-state index contributed by atoms with van der Waals surface area (Å²) in [6, 6.07) is 7.81. The topological polar surface area (TPSA) is 91.4 Å². The number of carbonyl (C=O) groups excluding carboxylic acids is 1. The van der Waals surface area contributed by atoms with Gasteiger partial charge in [0.15, 0.2) is 0 Å². The Labute approximate surface area is 239 Å². The zero-order valence-electron chi connectivity index (χ0n) is 24.6. The summed E-state index contributed by atoms with van der Waals surface area (Å²) in [7, 11) is -1.55. The Bertz CT molecular complexity index is 1130. The number of benzene rings is 1. The summed E-state index contributed by atoms with van der Waals surface area (Å²) in [6.07, 6.45) is 5.48. The first kappa shape index (κ1) is 30.5. The molecule has 1 aromatic heterocycles. The minimum atomic E-state index is -3.20. The molecule has 10 heteroatoms. The fourth-order valence-corrected chi connectivity index (χ4v) is 9.18. The summed E-state index contributed by atoms with van der Waals surface area (Å²) >= 11 is 0. The van der Waals surface area contributed by atoms with Crippen LogP contribution in [0.5, 0.6) is 5.75 Å². The van der Waals surface area contributed by atoms with Crippen LogP contribution in [-0.4, -0.2) is 76.5 Å². The van der Waals surface area contributed by atoms with E-state index in [0.29, 0.717) is 38.1 Å². The number of pyridine rings is 1. The summed E-state index contributed by atoms with van der Waals surface area (Å²) in [6.45, 7) is 15.0. The van der Waals surface area contributed by atoms with Crippen LogP contribution in [0.3, 0.4) is 0 Å². The van der Waals surface area contributed by atoms with Crippen molar-refractivity contribution in [2.75, 3.05) is 40.0 Å². The molecule has 1 N–H and O–H groups in total. The third-order valence-electron chi connectivity index (χ3n) is 8.19. The average molecular weight is 572 g/mol. The van der Waals surface area contributed by atoms with Gasteiger partial charge in [-0.15, -0.1) is 6.58 Å². The second-order valence-electron chi connectivity index (χ2n) is 10.4. The fraction of sp³-hybridized carbons (Fsp3) is 0.600. The molecule has 3 aliphatic rings. The minimum Gasteiger partial charge on any atom is -0.497 e. The van der Waals surface area contributed by atoms with Crippen molar-refractivity contribution in [2.24, 2.45) is 11.8 Å². The van der Waals surface area contributed by atoms with Gasteiger partial charge in [0.25, 0.3) is 0 Å². The summed E-state index contributed by atoms with van der Waals surface area (Å²) in [5.41, 5.74) is 1.31. The number of hydrogen-bond acceptors (Lipinski definition) is 8. The van der Waals surface area contributed by atoms with Gasteiger partial charge in [0.05, 0.1) is 18.7 Å². The molecule has 3 unspecified atom stereocenters. The van der Waals surface area contributed by atoms with Crippen LogP contribution in [0.4, 0.5) is 4.79 Å². The van der Waals surface area contributed by atoms with E-state index in [1.807, 2.05) is 52.0 Å². The second-order valence-corrected chi connectivity index (χ2v) is 13.1. The van der Waals surface area contributed by atoms with Crippen molar-refractivity contribution in [1.82, 2.24) is 15.2 Å². The Morgan fingerprint density at radius 3 is 2.48 bits per heavy atom. The molecular formula is C30H45N3O6Si. The van der Waals surface area contributed by atoms with Gasteiger partial charge in [-0.25, -0.2) is 4.79 Å². The van der Waals surface area contributed by atoms with Crippen LogP contribution in [0, 0.1) is 11.8 Å². The lowest BCUT2D eigenvalue weighted by Crippen LogP contribution is -2.63. The second kappa shape index (κ2) is 13.9. The molecule has 1 aromatic carbocycles. The van der Waals surface area contributed by atoms with Gasteiger partial charge in [0.2, 0.25) is 0 Å². The molecule has 0 saturated carbocycles. The Hall–Kier alpha value is -2.50. The Morgan fingerprint density at radius 1 is 1.18 bits per heavy atom. The highest BCUT2D eigenvalue weighted by Crippen LogP contribution is 2.43. The molecule has 6 atom stereocenters. The highest BCUT2D eigenvalue weighted by atomic mass is 28.4. The number of aromatic nitrogens is 1. The van der Waals surface area contributed by atoms with Crippen LogP contribution >= 0.6 is 0 Å². The van der Waals surface area contributed by atoms with Gasteiger partial charge in [0.1, 0.15) is 17.5 Å². The lowest BCUT2D eigenvalue weighted by atomic mass is 9.73. The molecule has 3 saturated heterocycles. The number of alkyl carbamates (subject to hydrolysis) is 1. The van der Waals surface area contributed by atoms with E-state index in [1.165, 1.54) is 0 Å². The Morgan fingerprint density at radius 2 is 1.90 bits per heavy atom. The molecule has 0 aliphatic carbocycles. The number of nitrogens with one attached hydrogen (secondary N) is 1. The van der Waals surface area contributed by atoms with Gasteiger partial charge in [-0.05, 0) is 82.7 Å². The SMILES string of the molecule is C=C[C@H]1CN2CCC1C[C@H]2[C@H](OC(=O)NC(CC)[Si](OCC)(OCC)OCC)c1ccnc2ccc(OC)cc12. The van der Waals surface area contributed by atoms with Gasteiger partial charge >= 0.3 is 14.9 Å². The highest BCUT2D eigenvalue weighted by molar-refractivity contribution is 6.62. The molecule has 4 heterocycles. The Balaban J connectivity index is 1.68. The van der Waals surface area contributed by atoms with Crippen LogP contribution in [-0.2, 0) is 18.0 Å². The first-order valence-corrected chi connectivity index (χ1v) is 16.4. The molecule has 3 aliphatic heterocycles. The molecule has 2 bridgehead atoms. The van der Waals surface area contributed by atoms with E-state index < -0.39 is 26.7 Å². The highest BCUT2D eigenvalue weighted by Gasteiger charge is 2.50. The quantitative estimate of drug-likeness (QED) is 0.242. The van der Waals surface area contributed by atoms with Gasteiger partial charge < -0.3 is 28.1 Å². The van der Waals surface area contributed by atoms with Gasteiger partial charge in [-0.3, -0.25) is 9.88 Å². The van der Waals surface area contributed by atoms with E-state index in [2.05, 4.69) is 27.9 Å². The van der Waals surface area contributed by atoms with Crippen LogP contribution in [0.1, 0.15) is 58.6 Å². The average Bonchev–Trinajstić information content (AvgIpc) is 2.98. The Kier molecular flexibility index (Phi) is 10.6. The number of amides is 1. The van der Waals surface area contributed by atoms with E-state index in [-0.39, 0.29) is 6.04 Å². The van der Waals surface area contributed by atoms with Crippen molar-refractivity contribution >= 4 is 25.8 Å². The van der Waals surface area contributed by atoms with E-state index in [0.717, 1.165) is 48.1 Å². The van der Waals surface area contributed by atoms with Gasteiger partial charge in [-0.1, -0.05) is 13.0 Å². The number of rotatable bonds is 14. The van der Waals surface area contributed by atoms with E-state index >= 15 is 0 Å². The largest absolute Gasteiger partial charge is 0.524 e. The summed E-state index contributed by atoms with van der Waals surface area (Å²) in [4.78, 5) is 20.8. The van der Waals surface area contributed by atoms with Crippen molar-refractivity contribution < 1.29 is 27.5 Å². The van der Waals surface area contributed by atoms with Crippen LogP contribution in [0.15, 0.2) is 43.1 Å². The monoisotopic (exact) mass is 571 g/mol. The molecule has 0 spiro atoms. The maximum Gasteiger partial charge on any atom is 0.524 e. The first-order chi connectivity index (χ1) is 19.4. The number of methoxy groups -OCH3 is 1. The molecule has 5 rings (SSSR count). The number of hydrogen-bond donors (Lipinski definition) is 1. The molecule has 2 aromatic rings. The van der Waals surface area contributed by atoms with Crippen molar-refractivity contribution in [3.63, 3.8) is 0 Å². The van der Waals surface area contributed by atoms with E-state index in [4.69, 9.17) is 22.8 Å². The van der Waals surface area contributed by atoms with Crippen LogP contribution in [0.25, 0.3) is 10.9 Å². The number of fused-ring (bicyclic) bond motifs is 4. The minimum absolute atomic E-state index is 0.0326. The van der Waals surface area contributed by atoms with E-state index in [1.54, 1.807) is 13.3 Å². The fourth-order valence-electron chi connectivity index (χ4n) is 6.33. The van der Waals surface area contributed by atoms with Crippen molar-refractivity contribution in [3.8, 4) is 5.75 Å². The van der Waals surface area contributed by atoms with Crippen LogP contribution < -0.4 is 10.1 Å². The van der Waals surface area contributed by atoms with Crippen LogP contribution in [0.2, 0.25) is 0 Å². The lowest BCUT2D eigenvalue weighted by molar-refractivity contribution is -0.0505. The van der Waals surface area contributed by atoms with E-state index in [9.17, 15) is 4.79 Å². The van der Waals surface area contributed by atoms with Crippen molar-refractivity contribution in [1.29, 1.82) is 0 Å². The standard InChI is InChI=1S/C30H45N3O6Si/c1-7-21-20-33-17-15-22(21)18-27(33)29(24-14-16-31-26-13-12-23(35-6)19-25(24)26)39-30(34)32-28(8-2)40(36-9-3,37-10-4)38-11-5/h7,12-14,16,19,21-22,27-29H,1,8-11,15,17-18,20H2,2-6H3,(H,32,34)/t21-,22?,27-,28?,29+/m0/s1. The molecule has 40 heavy (non-hydrogen) atoms. The summed E-state index contributed by atoms with van der Waals surface area (Å²) in [5.74, 6) is 1.70.